The van der Waals surface area contributed by atoms with Gasteiger partial charge < -0.3 is 9.51 Å². The third-order valence-electron chi connectivity index (χ3n) is 4.17. The molecule has 0 bridgehead atoms. The van der Waals surface area contributed by atoms with Gasteiger partial charge in [-0.25, -0.2) is 9.67 Å². The summed E-state index contributed by atoms with van der Waals surface area (Å²) in [6, 6.07) is 9.58. The largest absolute Gasteiger partial charge is 0.338 e. The summed E-state index contributed by atoms with van der Waals surface area (Å²) in [7, 11) is 0. The monoisotopic (exact) mass is 396 g/mol. The van der Waals surface area contributed by atoms with Crippen LogP contribution in [0.15, 0.2) is 51.0 Å². The topological polar surface area (TPSA) is 102 Å². The second-order valence-electron chi connectivity index (χ2n) is 7.47. The molecular formula is C19H20N6O2S. The average Bonchev–Trinajstić information content (AvgIpc) is 3.30. The Labute approximate surface area is 165 Å². The minimum absolute atomic E-state index is 0.169. The summed E-state index contributed by atoms with van der Waals surface area (Å²) in [5.74, 6) is 1.14. The Bertz CT molecular complexity index is 1170. The van der Waals surface area contributed by atoms with Crippen molar-refractivity contribution >= 4 is 22.8 Å². The maximum Gasteiger partial charge on any atom is 0.262 e. The third-order valence-corrected chi connectivity index (χ3v) is 5.14. The van der Waals surface area contributed by atoms with E-state index in [1.165, 1.54) is 18.0 Å². The van der Waals surface area contributed by atoms with Gasteiger partial charge in [0.25, 0.3) is 5.56 Å². The van der Waals surface area contributed by atoms with Crippen molar-refractivity contribution in [1.82, 2.24) is 29.9 Å². The lowest BCUT2D eigenvalue weighted by atomic mass is 9.96. The van der Waals surface area contributed by atoms with E-state index in [2.05, 4.69) is 25.2 Å². The highest BCUT2D eigenvalue weighted by molar-refractivity contribution is 7.99. The first kappa shape index (κ1) is 18.4. The van der Waals surface area contributed by atoms with Gasteiger partial charge in [0, 0.05) is 5.41 Å². The Morgan fingerprint density at radius 2 is 1.93 bits per heavy atom. The summed E-state index contributed by atoms with van der Waals surface area (Å²) in [6.45, 7) is 8.01. The maximum absolute atomic E-state index is 12.5. The molecule has 8 nitrogen and oxygen atoms in total. The Balaban J connectivity index is 1.68. The molecule has 0 amide bonds. The van der Waals surface area contributed by atoms with Crippen LogP contribution in [-0.2, 0) is 5.41 Å². The second-order valence-corrected chi connectivity index (χ2v) is 8.80. The molecule has 0 aliphatic heterocycles. The number of benzene rings is 1. The van der Waals surface area contributed by atoms with E-state index < -0.39 is 0 Å². The molecule has 1 unspecified atom stereocenters. The van der Waals surface area contributed by atoms with Crippen LogP contribution in [-0.4, -0.2) is 29.9 Å². The highest BCUT2D eigenvalue weighted by atomic mass is 32.2. The molecule has 0 spiro atoms. The molecule has 0 saturated heterocycles. The lowest BCUT2D eigenvalue weighted by molar-refractivity contribution is 0.364. The van der Waals surface area contributed by atoms with Gasteiger partial charge in [0.2, 0.25) is 5.89 Å². The Hall–Kier alpha value is -2.94. The molecule has 9 heteroatoms. The lowest BCUT2D eigenvalue weighted by Crippen LogP contribution is -2.13. The first-order chi connectivity index (χ1) is 13.3. The number of aromatic nitrogens is 6. The number of nitrogens with one attached hydrogen (secondary N) is 1. The van der Waals surface area contributed by atoms with Gasteiger partial charge in [0.1, 0.15) is 5.39 Å². The average molecular weight is 396 g/mol. The number of aromatic amines is 1. The van der Waals surface area contributed by atoms with Crippen molar-refractivity contribution in [1.29, 1.82) is 0 Å². The fraction of sp³-hybridized carbons (Fsp3) is 0.316. The smallest absolute Gasteiger partial charge is 0.262 e. The molecule has 4 rings (SSSR count). The number of para-hydroxylation sites is 1. The minimum atomic E-state index is -0.234. The first-order valence-electron chi connectivity index (χ1n) is 8.87. The normalized spacial score (nSPS) is 13.1. The molecule has 0 fully saturated rings. The maximum atomic E-state index is 12.5. The van der Waals surface area contributed by atoms with Crippen molar-refractivity contribution in [3.8, 4) is 5.69 Å². The van der Waals surface area contributed by atoms with Gasteiger partial charge in [0.05, 0.1) is 17.1 Å². The molecule has 1 aromatic carbocycles. The van der Waals surface area contributed by atoms with Gasteiger partial charge in [-0.2, -0.15) is 10.1 Å². The molecule has 144 valence electrons. The summed E-state index contributed by atoms with van der Waals surface area (Å²) >= 11 is 1.35. The Morgan fingerprint density at radius 1 is 1.18 bits per heavy atom. The van der Waals surface area contributed by atoms with Gasteiger partial charge >= 0.3 is 0 Å². The standard InChI is InChI=1S/C19H20N6O2S/c1-11(16-23-17(24-27-16)19(2,3)4)28-18-21-14-13(15(26)22-18)10-20-25(14)12-8-6-5-7-9-12/h5-11H,1-4H3,(H,21,22,26). The van der Waals surface area contributed by atoms with Crippen molar-refractivity contribution < 1.29 is 4.52 Å². The predicted octanol–water partition coefficient (Wildman–Crippen LogP) is 3.64. The summed E-state index contributed by atoms with van der Waals surface area (Å²) in [5.41, 5.74) is 0.916. The molecule has 3 aromatic heterocycles. The van der Waals surface area contributed by atoms with Gasteiger partial charge in [0.15, 0.2) is 16.6 Å². The fourth-order valence-corrected chi connectivity index (χ4v) is 3.46. The van der Waals surface area contributed by atoms with Crippen LogP contribution in [0.5, 0.6) is 0 Å². The molecule has 0 saturated carbocycles. The van der Waals surface area contributed by atoms with Crippen LogP contribution in [0, 0.1) is 0 Å². The van der Waals surface area contributed by atoms with Crippen molar-refractivity contribution in [2.75, 3.05) is 0 Å². The zero-order valence-electron chi connectivity index (χ0n) is 16.0. The number of fused-ring (bicyclic) bond motifs is 1. The summed E-state index contributed by atoms with van der Waals surface area (Å²) < 4.78 is 7.06. The molecule has 28 heavy (non-hydrogen) atoms. The van der Waals surface area contributed by atoms with Crippen LogP contribution in [0.2, 0.25) is 0 Å². The van der Waals surface area contributed by atoms with Crippen molar-refractivity contribution in [3.63, 3.8) is 0 Å². The van der Waals surface area contributed by atoms with E-state index in [9.17, 15) is 4.79 Å². The minimum Gasteiger partial charge on any atom is -0.338 e. The van der Waals surface area contributed by atoms with Crippen LogP contribution in [0.1, 0.15) is 44.7 Å². The van der Waals surface area contributed by atoms with Crippen LogP contribution in [0.4, 0.5) is 0 Å². The Kier molecular flexibility index (Phi) is 4.54. The zero-order chi connectivity index (χ0) is 19.9. The van der Waals surface area contributed by atoms with E-state index >= 15 is 0 Å². The number of nitrogens with zero attached hydrogens (tertiary/aromatic N) is 5. The molecule has 0 radical (unpaired) electrons. The molecule has 3 heterocycles. The lowest BCUT2D eigenvalue weighted by Gasteiger charge is -2.11. The van der Waals surface area contributed by atoms with Crippen molar-refractivity contribution in [2.45, 2.75) is 43.5 Å². The van der Waals surface area contributed by atoms with E-state index in [0.717, 1.165) is 5.69 Å². The molecular weight excluding hydrogens is 376 g/mol. The number of hydrogen-bond acceptors (Lipinski definition) is 7. The number of H-pyrrole nitrogens is 1. The van der Waals surface area contributed by atoms with Crippen molar-refractivity contribution in [2.24, 2.45) is 0 Å². The first-order valence-corrected chi connectivity index (χ1v) is 9.75. The highest BCUT2D eigenvalue weighted by Crippen LogP contribution is 2.33. The van der Waals surface area contributed by atoms with Gasteiger partial charge in [-0.3, -0.25) is 4.79 Å². The Morgan fingerprint density at radius 3 is 2.61 bits per heavy atom. The molecule has 0 aliphatic carbocycles. The summed E-state index contributed by atoms with van der Waals surface area (Å²) in [4.78, 5) is 24.4. The molecule has 0 aliphatic rings. The van der Waals surface area contributed by atoms with Gasteiger partial charge in [-0.15, -0.1) is 0 Å². The molecule has 4 aromatic rings. The van der Waals surface area contributed by atoms with E-state index in [-0.39, 0.29) is 16.2 Å². The SMILES string of the molecule is CC(Sc1nc2c(cnn2-c2ccccc2)c(=O)[nH]1)c1nc(C(C)(C)C)no1. The highest BCUT2D eigenvalue weighted by Gasteiger charge is 2.24. The van der Waals surface area contributed by atoms with Crippen molar-refractivity contribution in [3.05, 3.63) is 58.6 Å². The molecule has 1 atom stereocenters. The summed E-state index contributed by atoms with van der Waals surface area (Å²) in [6.07, 6.45) is 1.53. The second kappa shape index (κ2) is 6.90. The number of hydrogen-bond donors (Lipinski definition) is 1. The van der Waals surface area contributed by atoms with Gasteiger partial charge in [-0.05, 0) is 19.1 Å². The van der Waals surface area contributed by atoms with Crippen LogP contribution in [0.25, 0.3) is 16.7 Å². The fourth-order valence-electron chi connectivity index (χ4n) is 2.64. The third kappa shape index (κ3) is 3.45. The van der Waals surface area contributed by atoms with E-state index in [1.807, 2.05) is 58.0 Å². The number of rotatable bonds is 4. The van der Waals surface area contributed by atoms with E-state index in [1.54, 1.807) is 4.68 Å². The quantitative estimate of drug-likeness (QED) is 0.415. The predicted molar refractivity (Wildman–Crippen MR) is 107 cm³/mol. The van der Waals surface area contributed by atoms with Crippen LogP contribution < -0.4 is 5.56 Å². The summed E-state index contributed by atoms with van der Waals surface area (Å²) in [5, 5.41) is 9.12. The van der Waals surface area contributed by atoms with Crippen LogP contribution in [0.3, 0.4) is 0 Å². The zero-order valence-corrected chi connectivity index (χ0v) is 16.8. The van der Waals surface area contributed by atoms with E-state index in [0.29, 0.717) is 27.9 Å². The van der Waals surface area contributed by atoms with E-state index in [4.69, 9.17) is 4.52 Å². The van der Waals surface area contributed by atoms with Crippen LogP contribution >= 0.6 is 11.8 Å². The molecule has 1 N–H and O–H groups in total. The van der Waals surface area contributed by atoms with Gasteiger partial charge in [-0.1, -0.05) is 55.9 Å². The number of thioether (sulfide) groups is 1.